The van der Waals surface area contributed by atoms with E-state index in [4.69, 9.17) is 15.2 Å². The van der Waals surface area contributed by atoms with Gasteiger partial charge in [0.1, 0.15) is 24.3 Å². The minimum atomic E-state index is -0.686. The number of halogens is 1. The topological polar surface area (TPSA) is 118 Å². The molecule has 1 aromatic heterocycles. The van der Waals surface area contributed by atoms with E-state index in [0.29, 0.717) is 43.0 Å². The summed E-state index contributed by atoms with van der Waals surface area (Å²) in [5.74, 6) is -1.01. The van der Waals surface area contributed by atoms with Crippen LogP contribution in [0, 0.1) is 11.7 Å². The van der Waals surface area contributed by atoms with E-state index >= 15 is 4.39 Å². The van der Waals surface area contributed by atoms with E-state index < -0.39 is 29.8 Å². The Labute approximate surface area is 208 Å². The van der Waals surface area contributed by atoms with Crippen LogP contribution >= 0.6 is 0 Å². The Morgan fingerprint density at radius 3 is 2.64 bits per heavy atom. The largest absolute Gasteiger partial charge is 0.445 e. The number of primary amides is 1. The second-order valence-electron chi connectivity index (χ2n) is 8.63. The molecule has 0 radical (unpaired) electrons. The summed E-state index contributed by atoms with van der Waals surface area (Å²) in [6.07, 6.45) is 1.41. The number of nitrogens with two attached hydrogens (primary N) is 1. The van der Waals surface area contributed by atoms with E-state index in [1.165, 1.54) is 17.0 Å². The minimum Gasteiger partial charge on any atom is -0.445 e. The maximum Gasteiger partial charge on any atom is 0.414 e. The molecule has 3 amide bonds. The molecule has 0 bridgehead atoms. The molecular formula is C25H28FN5O5. The van der Waals surface area contributed by atoms with Gasteiger partial charge in [0.25, 0.3) is 0 Å². The van der Waals surface area contributed by atoms with Gasteiger partial charge in [-0.2, -0.15) is 0 Å². The average molecular weight is 498 g/mol. The summed E-state index contributed by atoms with van der Waals surface area (Å²) in [6, 6.07) is 8.04. The monoisotopic (exact) mass is 497 g/mol. The smallest absolute Gasteiger partial charge is 0.414 e. The molecular weight excluding hydrogens is 469 g/mol. The number of aromatic nitrogens is 1. The van der Waals surface area contributed by atoms with Crippen molar-refractivity contribution in [3.8, 4) is 11.1 Å². The number of pyridine rings is 1. The molecule has 10 nitrogen and oxygen atoms in total. The minimum absolute atomic E-state index is 0.108. The Bertz CT molecular complexity index is 1150. The van der Waals surface area contributed by atoms with Crippen LogP contribution in [0.4, 0.5) is 25.5 Å². The van der Waals surface area contributed by atoms with Crippen molar-refractivity contribution in [1.82, 2.24) is 9.88 Å². The number of rotatable bonds is 7. The number of hydrogen-bond acceptors (Lipinski definition) is 7. The van der Waals surface area contributed by atoms with Crippen molar-refractivity contribution in [2.75, 3.05) is 49.1 Å². The lowest BCUT2D eigenvalue weighted by atomic mass is 10.0. The van der Waals surface area contributed by atoms with Gasteiger partial charge in [-0.1, -0.05) is 12.7 Å². The maximum absolute atomic E-state index is 15.0. The molecule has 36 heavy (non-hydrogen) atoms. The predicted octanol–water partition coefficient (Wildman–Crippen LogP) is 2.78. The van der Waals surface area contributed by atoms with Gasteiger partial charge in [0.2, 0.25) is 5.91 Å². The maximum atomic E-state index is 15.0. The van der Waals surface area contributed by atoms with E-state index in [1.54, 1.807) is 36.2 Å². The molecule has 2 fully saturated rings. The second kappa shape index (κ2) is 10.6. The van der Waals surface area contributed by atoms with Gasteiger partial charge in [0, 0.05) is 43.5 Å². The number of cyclic esters (lactones) is 1. The first-order valence-electron chi connectivity index (χ1n) is 11.6. The number of ether oxygens (including phenoxy) is 2. The molecule has 2 aromatic rings. The Hall–Kier alpha value is -4.15. The molecule has 2 saturated heterocycles. The van der Waals surface area contributed by atoms with E-state index in [9.17, 15) is 14.4 Å². The number of carbonyl (C=O) groups is 3. The molecule has 2 atom stereocenters. The first kappa shape index (κ1) is 25.0. The molecule has 1 unspecified atom stereocenters. The zero-order chi connectivity index (χ0) is 25.8. The molecule has 190 valence electrons. The van der Waals surface area contributed by atoms with Gasteiger partial charge in [0.05, 0.1) is 18.2 Å². The Morgan fingerprint density at radius 1 is 1.28 bits per heavy atom. The number of anilines is 2. The summed E-state index contributed by atoms with van der Waals surface area (Å²) in [6.45, 7) is 7.61. The van der Waals surface area contributed by atoms with Gasteiger partial charge in [-0.3, -0.25) is 9.69 Å². The van der Waals surface area contributed by atoms with Crippen LogP contribution in [0.5, 0.6) is 0 Å². The lowest BCUT2D eigenvalue weighted by Crippen LogP contribution is -2.49. The van der Waals surface area contributed by atoms with E-state index in [0.717, 1.165) is 5.82 Å². The molecule has 2 aliphatic heterocycles. The zero-order valence-electron chi connectivity index (χ0n) is 19.9. The Kier molecular flexibility index (Phi) is 7.37. The van der Waals surface area contributed by atoms with Gasteiger partial charge in [0.15, 0.2) is 0 Å². The number of benzene rings is 1. The highest BCUT2D eigenvalue weighted by Gasteiger charge is 2.38. The third kappa shape index (κ3) is 5.24. The van der Waals surface area contributed by atoms with Crippen LogP contribution in [-0.2, 0) is 14.3 Å². The summed E-state index contributed by atoms with van der Waals surface area (Å²) in [5, 5.41) is 0. The lowest BCUT2D eigenvalue weighted by molar-refractivity contribution is -0.123. The zero-order valence-corrected chi connectivity index (χ0v) is 19.9. The number of carbonyl (C=O) groups excluding carboxylic acids is 3. The fourth-order valence-corrected chi connectivity index (χ4v) is 4.12. The van der Waals surface area contributed by atoms with Crippen LogP contribution in [0.3, 0.4) is 0 Å². The van der Waals surface area contributed by atoms with E-state index in [2.05, 4.69) is 11.6 Å². The van der Waals surface area contributed by atoms with Crippen LogP contribution in [0.15, 0.2) is 49.2 Å². The Balaban J connectivity index is 1.40. The van der Waals surface area contributed by atoms with Crippen LogP contribution in [-0.4, -0.2) is 73.4 Å². The third-order valence-electron chi connectivity index (χ3n) is 6.35. The van der Waals surface area contributed by atoms with Crippen molar-refractivity contribution in [2.24, 2.45) is 11.7 Å². The van der Waals surface area contributed by atoms with Crippen molar-refractivity contribution < 1.29 is 28.2 Å². The second-order valence-corrected chi connectivity index (χ2v) is 8.63. The van der Waals surface area contributed by atoms with Gasteiger partial charge < -0.3 is 25.0 Å². The van der Waals surface area contributed by atoms with Crippen LogP contribution in [0.1, 0.15) is 6.92 Å². The van der Waals surface area contributed by atoms with Crippen molar-refractivity contribution in [3.05, 3.63) is 55.0 Å². The van der Waals surface area contributed by atoms with Gasteiger partial charge in [-0.05, 0) is 37.3 Å². The summed E-state index contributed by atoms with van der Waals surface area (Å²) in [4.78, 5) is 45.1. The molecule has 0 saturated carbocycles. The first-order chi connectivity index (χ1) is 17.3. The van der Waals surface area contributed by atoms with Crippen LogP contribution in [0.25, 0.3) is 11.1 Å². The molecule has 0 aliphatic carbocycles. The SMILES string of the molecule is C=CCOC(=O)N1CCN(c2ccc(-c3ccc(N4CC([C@H](C)C(N)=O)OC4=O)cc3F)cn2)CC1. The number of nitrogens with zero attached hydrogens (tertiary/aromatic N) is 4. The highest BCUT2D eigenvalue weighted by Crippen LogP contribution is 2.30. The highest BCUT2D eigenvalue weighted by molar-refractivity contribution is 5.91. The van der Waals surface area contributed by atoms with Gasteiger partial charge in [-0.15, -0.1) is 0 Å². The summed E-state index contributed by atoms with van der Waals surface area (Å²) < 4.78 is 25.3. The molecule has 2 aliphatic rings. The van der Waals surface area contributed by atoms with Crippen molar-refractivity contribution >= 4 is 29.6 Å². The van der Waals surface area contributed by atoms with Crippen LogP contribution in [0.2, 0.25) is 0 Å². The predicted molar refractivity (Wildman–Crippen MR) is 131 cm³/mol. The summed E-state index contributed by atoms with van der Waals surface area (Å²) >= 11 is 0. The van der Waals surface area contributed by atoms with Crippen LogP contribution < -0.4 is 15.5 Å². The molecule has 2 N–H and O–H groups in total. The normalized spacial score (nSPS) is 18.6. The molecule has 11 heteroatoms. The van der Waals surface area contributed by atoms with Crippen molar-refractivity contribution in [2.45, 2.75) is 13.0 Å². The van der Waals surface area contributed by atoms with E-state index in [-0.39, 0.29) is 19.2 Å². The van der Waals surface area contributed by atoms with E-state index in [1.807, 2.05) is 11.0 Å². The number of amides is 3. The van der Waals surface area contributed by atoms with Crippen molar-refractivity contribution in [1.29, 1.82) is 0 Å². The standard InChI is InChI=1S/C25H28FN5O5/c1-3-12-35-24(33)30-10-8-29(9-11-30)22-7-4-17(14-28-22)19-6-5-18(13-20(19)26)31-15-21(36-25(31)34)16(2)23(27)32/h3-7,13-14,16,21H,1,8-12,15H2,2H3,(H2,27,32)/t16-,21?/m0/s1. The fourth-order valence-electron chi connectivity index (χ4n) is 4.12. The number of hydrogen-bond donors (Lipinski definition) is 1. The van der Waals surface area contributed by atoms with Crippen molar-refractivity contribution in [3.63, 3.8) is 0 Å². The quantitative estimate of drug-likeness (QED) is 0.585. The Morgan fingerprint density at radius 2 is 2.03 bits per heavy atom. The molecule has 0 spiro atoms. The van der Waals surface area contributed by atoms with Gasteiger partial charge in [-0.25, -0.2) is 19.0 Å². The first-order valence-corrected chi connectivity index (χ1v) is 11.6. The fraction of sp³-hybridized carbons (Fsp3) is 0.360. The lowest BCUT2D eigenvalue weighted by Gasteiger charge is -2.34. The van der Waals surface area contributed by atoms with Gasteiger partial charge >= 0.3 is 12.2 Å². The third-order valence-corrected chi connectivity index (χ3v) is 6.35. The summed E-state index contributed by atoms with van der Waals surface area (Å²) in [7, 11) is 0. The highest BCUT2D eigenvalue weighted by atomic mass is 19.1. The average Bonchev–Trinajstić information content (AvgIpc) is 3.28. The molecule has 4 rings (SSSR count). The molecule has 3 heterocycles. The summed E-state index contributed by atoms with van der Waals surface area (Å²) in [5.41, 5.74) is 6.55. The molecule has 1 aromatic carbocycles. The number of piperazine rings is 1.